The Balaban J connectivity index is 1.62. The molecule has 4 rings (SSSR count). The van der Waals surface area contributed by atoms with Crippen molar-refractivity contribution < 1.29 is 32.9 Å². The van der Waals surface area contributed by atoms with Gasteiger partial charge < -0.3 is 25.0 Å². The molecular weight excluding hydrogens is 558 g/mol. The van der Waals surface area contributed by atoms with Gasteiger partial charge >= 0.3 is 6.09 Å². The first-order chi connectivity index (χ1) is 20.2. The highest BCUT2D eigenvalue weighted by Crippen LogP contribution is 2.42. The Bertz CT molecular complexity index is 1290. The van der Waals surface area contributed by atoms with Gasteiger partial charge in [0, 0.05) is 25.9 Å². The zero-order valence-electron chi connectivity index (χ0n) is 23.9. The summed E-state index contributed by atoms with van der Waals surface area (Å²) in [4.78, 5) is 12.8. The molecule has 11 heteroatoms. The van der Waals surface area contributed by atoms with Crippen molar-refractivity contribution in [2.45, 2.75) is 80.9 Å². The molecular formula is C31H41N3O7S. The van der Waals surface area contributed by atoms with Gasteiger partial charge in [-0.2, -0.15) is 9.57 Å². The highest BCUT2D eigenvalue weighted by molar-refractivity contribution is 7.89. The van der Waals surface area contributed by atoms with Gasteiger partial charge in [-0.25, -0.2) is 13.2 Å². The second-order valence-corrected chi connectivity index (χ2v) is 13.3. The number of amides is 1. The lowest BCUT2D eigenvalue weighted by atomic mass is 9.71. The van der Waals surface area contributed by atoms with Crippen LogP contribution < -0.4 is 5.32 Å². The summed E-state index contributed by atoms with van der Waals surface area (Å²) in [6.07, 6.45) is 3.86. The Labute approximate surface area is 248 Å². The van der Waals surface area contributed by atoms with Crippen molar-refractivity contribution in [2.24, 2.45) is 5.41 Å². The van der Waals surface area contributed by atoms with E-state index in [1.54, 1.807) is 0 Å². The lowest BCUT2D eigenvalue weighted by Gasteiger charge is -2.41. The molecule has 1 aliphatic carbocycles. The number of nitrogens with zero attached hydrogens (tertiary/aromatic N) is 2. The molecule has 1 saturated heterocycles. The number of ether oxygens (including phenoxy) is 2. The minimum Gasteiger partial charge on any atom is -0.508 e. The molecule has 2 aromatic carbocycles. The zero-order valence-corrected chi connectivity index (χ0v) is 24.7. The van der Waals surface area contributed by atoms with Crippen LogP contribution in [0.1, 0.15) is 56.9 Å². The number of aliphatic hydroxyl groups is 1. The maximum Gasteiger partial charge on any atom is 0.407 e. The van der Waals surface area contributed by atoms with Gasteiger partial charge in [-0.05, 0) is 60.9 Å². The lowest BCUT2D eigenvalue weighted by Crippen LogP contribution is -2.53. The second-order valence-electron chi connectivity index (χ2n) is 11.4. The number of nitriles is 1. The third kappa shape index (κ3) is 8.67. The van der Waals surface area contributed by atoms with Crippen LogP contribution in [0.2, 0.25) is 0 Å². The molecule has 1 heterocycles. The van der Waals surface area contributed by atoms with E-state index in [0.29, 0.717) is 32.5 Å². The third-order valence-corrected chi connectivity index (χ3v) is 10.1. The first-order valence-electron chi connectivity index (χ1n) is 14.6. The molecule has 10 nitrogen and oxygen atoms in total. The SMILES string of the molecule is N#CCCC1(CN(C[C@@H](O)[C@H](Cc2ccccc2)NC(=O)OC2CCOC2)S(=O)(=O)c2ccc(O)cc2)CCCCC1. The van der Waals surface area contributed by atoms with Gasteiger partial charge in [-0.3, -0.25) is 0 Å². The van der Waals surface area contributed by atoms with Crippen molar-refractivity contribution in [1.29, 1.82) is 5.26 Å². The summed E-state index contributed by atoms with van der Waals surface area (Å²) < 4.78 is 40.2. The maximum atomic E-state index is 14.0. The van der Waals surface area contributed by atoms with Crippen molar-refractivity contribution in [3.8, 4) is 11.8 Å². The molecule has 0 aromatic heterocycles. The van der Waals surface area contributed by atoms with Crippen LogP contribution in [0, 0.1) is 16.7 Å². The normalized spacial score (nSPS) is 20.0. The van der Waals surface area contributed by atoms with E-state index in [1.165, 1.54) is 28.6 Å². The second kappa shape index (κ2) is 14.8. The van der Waals surface area contributed by atoms with Gasteiger partial charge in [-0.1, -0.05) is 49.6 Å². The van der Waals surface area contributed by atoms with Gasteiger partial charge in [0.15, 0.2) is 0 Å². The number of aromatic hydroxyl groups is 1. The summed E-state index contributed by atoms with van der Waals surface area (Å²) in [5.41, 5.74) is 0.457. The molecule has 42 heavy (non-hydrogen) atoms. The zero-order chi connectivity index (χ0) is 30.0. The number of phenols is 1. The number of alkyl carbamates (subject to hydrolysis) is 1. The van der Waals surface area contributed by atoms with E-state index in [9.17, 15) is 28.7 Å². The molecule has 1 unspecified atom stereocenters. The molecule has 0 spiro atoms. The number of rotatable bonds is 13. The van der Waals surface area contributed by atoms with Gasteiger partial charge in [-0.15, -0.1) is 0 Å². The Morgan fingerprint density at radius 2 is 1.86 bits per heavy atom. The van der Waals surface area contributed by atoms with E-state index >= 15 is 0 Å². The number of hydrogen-bond donors (Lipinski definition) is 3. The summed E-state index contributed by atoms with van der Waals surface area (Å²) in [5, 5.41) is 33.5. The molecule has 0 bridgehead atoms. The van der Waals surface area contributed by atoms with E-state index in [4.69, 9.17) is 9.47 Å². The van der Waals surface area contributed by atoms with Gasteiger partial charge in [0.25, 0.3) is 0 Å². The van der Waals surface area contributed by atoms with Crippen LogP contribution in [0.3, 0.4) is 0 Å². The molecule has 1 amide bonds. The Kier molecular flexibility index (Phi) is 11.2. The average molecular weight is 600 g/mol. The molecule has 2 aromatic rings. The molecule has 1 saturated carbocycles. The molecule has 3 atom stereocenters. The highest BCUT2D eigenvalue weighted by atomic mass is 32.2. The Morgan fingerprint density at radius 1 is 1.14 bits per heavy atom. The largest absolute Gasteiger partial charge is 0.508 e. The lowest BCUT2D eigenvalue weighted by molar-refractivity contribution is 0.0577. The molecule has 3 N–H and O–H groups in total. The smallest absolute Gasteiger partial charge is 0.407 e. The van der Waals surface area contributed by atoms with Crippen LogP contribution in [-0.2, 0) is 25.9 Å². The fraction of sp³-hybridized carbons (Fsp3) is 0.548. The van der Waals surface area contributed by atoms with Crippen LogP contribution in [0.5, 0.6) is 5.75 Å². The topological polar surface area (TPSA) is 149 Å². The number of hydrogen-bond acceptors (Lipinski definition) is 8. The van der Waals surface area contributed by atoms with Gasteiger partial charge in [0.1, 0.15) is 11.9 Å². The van der Waals surface area contributed by atoms with E-state index in [-0.39, 0.29) is 36.3 Å². The first-order valence-corrected chi connectivity index (χ1v) is 16.1. The van der Waals surface area contributed by atoms with Crippen LogP contribution in [0.25, 0.3) is 0 Å². The maximum absolute atomic E-state index is 14.0. The van der Waals surface area contributed by atoms with Gasteiger partial charge in [0.05, 0.1) is 36.3 Å². The predicted molar refractivity (Wildman–Crippen MR) is 156 cm³/mol. The predicted octanol–water partition coefficient (Wildman–Crippen LogP) is 4.12. The Hall–Kier alpha value is -3.17. The third-order valence-electron chi connectivity index (χ3n) is 8.29. The first kappa shape index (κ1) is 31.8. The number of sulfonamides is 1. The average Bonchev–Trinajstić information content (AvgIpc) is 3.49. The minimum atomic E-state index is -4.11. The van der Waals surface area contributed by atoms with Crippen LogP contribution in [0.4, 0.5) is 4.79 Å². The van der Waals surface area contributed by atoms with Crippen LogP contribution in [0.15, 0.2) is 59.5 Å². The summed E-state index contributed by atoms with van der Waals surface area (Å²) >= 11 is 0. The standard InChI is InChI=1S/C31H41N3O7S/c32-18-7-17-31(15-5-2-6-16-31)23-34(42(38,39)27-12-10-25(35)11-13-27)21-29(36)28(20-24-8-3-1-4-9-24)33-30(37)41-26-14-19-40-22-26/h1,3-4,8-13,26,28-29,35-36H,2,5-7,14-17,19-23H2,(H,33,37)/t26?,28-,29+/m0/s1. The van der Waals surface area contributed by atoms with E-state index in [1.807, 2.05) is 30.3 Å². The van der Waals surface area contributed by atoms with Crippen LogP contribution in [-0.4, -0.2) is 73.6 Å². The quantitative estimate of drug-likeness (QED) is 0.311. The number of nitrogens with one attached hydrogen (secondary N) is 1. The number of benzene rings is 2. The van der Waals surface area contributed by atoms with Crippen molar-refractivity contribution in [3.05, 3.63) is 60.2 Å². The van der Waals surface area contributed by atoms with E-state index in [0.717, 1.165) is 37.7 Å². The van der Waals surface area contributed by atoms with Crippen molar-refractivity contribution in [2.75, 3.05) is 26.3 Å². The summed E-state index contributed by atoms with van der Waals surface area (Å²) in [7, 11) is -4.11. The van der Waals surface area contributed by atoms with Crippen molar-refractivity contribution in [3.63, 3.8) is 0 Å². The van der Waals surface area contributed by atoms with E-state index in [2.05, 4.69) is 11.4 Å². The van der Waals surface area contributed by atoms with Gasteiger partial charge in [0.2, 0.25) is 10.0 Å². The molecule has 0 radical (unpaired) electrons. The fourth-order valence-electron chi connectivity index (χ4n) is 5.93. The number of aliphatic hydroxyl groups excluding tert-OH is 1. The summed E-state index contributed by atoms with van der Waals surface area (Å²) in [6.45, 7) is 0.674. The molecule has 2 fully saturated rings. The molecule has 1 aliphatic heterocycles. The number of carbonyl (C=O) groups is 1. The van der Waals surface area contributed by atoms with Crippen molar-refractivity contribution >= 4 is 16.1 Å². The number of carbonyl (C=O) groups excluding carboxylic acids is 1. The number of phenolic OH excluding ortho intramolecular Hbond substituents is 1. The Morgan fingerprint density at radius 3 is 2.50 bits per heavy atom. The van der Waals surface area contributed by atoms with E-state index < -0.39 is 33.7 Å². The molecule has 2 aliphatic rings. The monoisotopic (exact) mass is 599 g/mol. The van der Waals surface area contributed by atoms with Crippen LogP contribution >= 0.6 is 0 Å². The fourth-order valence-corrected chi connectivity index (χ4v) is 7.50. The van der Waals surface area contributed by atoms with Crippen molar-refractivity contribution in [1.82, 2.24) is 9.62 Å². The highest BCUT2D eigenvalue weighted by Gasteiger charge is 2.39. The summed E-state index contributed by atoms with van der Waals surface area (Å²) in [6, 6.07) is 16.0. The molecule has 228 valence electrons. The summed E-state index contributed by atoms with van der Waals surface area (Å²) in [5.74, 6) is -0.0587. The minimum absolute atomic E-state index is 0.00745.